The minimum atomic E-state index is -3.74. The van der Waals surface area contributed by atoms with Gasteiger partial charge < -0.3 is 5.11 Å². The molecule has 1 heterocycles. The van der Waals surface area contributed by atoms with E-state index < -0.39 is 40.7 Å². The van der Waals surface area contributed by atoms with Gasteiger partial charge in [-0.25, -0.2) is 22.2 Å². The van der Waals surface area contributed by atoms with Gasteiger partial charge in [-0.15, -0.1) is 5.10 Å². The lowest BCUT2D eigenvalue weighted by molar-refractivity contribution is -0.369. The molecule has 0 saturated heterocycles. The number of benzene rings is 2. The summed E-state index contributed by atoms with van der Waals surface area (Å²) in [5.74, 6) is -5.93. The number of hydrogen-bond acceptors (Lipinski definition) is 5. The summed E-state index contributed by atoms with van der Waals surface area (Å²) in [6.45, 7) is -0.792. The molecule has 3 aliphatic carbocycles. The summed E-state index contributed by atoms with van der Waals surface area (Å²) in [5, 5.41) is 30.6. The second-order valence-corrected chi connectivity index (χ2v) is 9.36. The van der Waals surface area contributed by atoms with Crippen molar-refractivity contribution in [3.05, 3.63) is 77.1 Å². The number of halogens is 4. The second-order valence-electron chi connectivity index (χ2n) is 9.36. The quantitative estimate of drug-likeness (QED) is 0.546. The van der Waals surface area contributed by atoms with Gasteiger partial charge in [0.15, 0.2) is 5.60 Å². The molecule has 3 aliphatic rings. The van der Waals surface area contributed by atoms with Crippen LogP contribution in [0.4, 0.5) is 17.6 Å². The number of hydrogen-bond donors (Lipinski definition) is 1. The van der Waals surface area contributed by atoms with Crippen LogP contribution in [0.1, 0.15) is 36.0 Å². The molecule has 2 aromatic carbocycles. The number of rotatable bonds is 7. The molecule has 33 heavy (non-hydrogen) atoms. The molecule has 10 heteroatoms. The fourth-order valence-electron chi connectivity index (χ4n) is 5.75. The van der Waals surface area contributed by atoms with Crippen LogP contribution in [-0.2, 0) is 18.6 Å². The number of nitriles is 1. The van der Waals surface area contributed by atoms with E-state index in [2.05, 4.69) is 15.5 Å². The first-order valence-corrected chi connectivity index (χ1v) is 10.4. The lowest BCUT2D eigenvalue weighted by Gasteiger charge is -2.74. The lowest BCUT2D eigenvalue weighted by atomic mass is 9.31. The third-order valence-corrected chi connectivity index (χ3v) is 7.15. The normalized spacial score (nSPS) is 25.5. The molecule has 3 saturated carbocycles. The summed E-state index contributed by atoms with van der Waals surface area (Å²) >= 11 is 0. The van der Waals surface area contributed by atoms with Crippen molar-refractivity contribution in [3.63, 3.8) is 0 Å². The van der Waals surface area contributed by atoms with E-state index in [9.17, 15) is 13.9 Å². The minimum Gasteiger partial charge on any atom is -0.377 e. The SMILES string of the molecule is N#Cc1ccc(CC23CC(C(F)(F)[C@@](O)(Cn4cnnn4)c4ccc(F)cc4F)(C2)C3)cc1. The Morgan fingerprint density at radius 2 is 1.79 bits per heavy atom. The van der Waals surface area contributed by atoms with Gasteiger partial charge in [-0.05, 0) is 71.4 Å². The Hall–Kier alpha value is -3.32. The summed E-state index contributed by atoms with van der Waals surface area (Å²) in [5.41, 5.74) is -4.05. The average Bonchev–Trinajstić information content (AvgIpc) is 3.22. The maximum atomic E-state index is 16.1. The van der Waals surface area contributed by atoms with E-state index in [1.807, 2.05) is 18.2 Å². The fraction of sp³-hybridized carbons (Fsp3) is 0.391. The van der Waals surface area contributed by atoms with E-state index in [0.717, 1.165) is 28.7 Å². The van der Waals surface area contributed by atoms with Crippen molar-refractivity contribution >= 4 is 0 Å². The Bertz CT molecular complexity index is 1220. The zero-order chi connectivity index (χ0) is 23.5. The molecule has 1 atom stereocenters. The number of nitrogens with zero attached hydrogens (tertiary/aromatic N) is 5. The number of aliphatic hydroxyl groups is 1. The first-order valence-electron chi connectivity index (χ1n) is 10.4. The third-order valence-electron chi connectivity index (χ3n) is 7.15. The summed E-state index contributed by atoms with van der Waals surface area (Å²) in [4.78, 5) is 0. The maximum Gasteiger partial charge on any atom is 0.287 e. The number of tetrazole rings is 1. The molecule has 0 amide bonds. The van der Waals surface area contributed by atoms with Gasteiger partial charge in [-0.1, -0.05) is 12.1 Å². The van der Waals surface area contributed by atoms with E-state index in [0.29, 0.717) is 18.1 Å². The van der Waals surface area contributed by atoms with Crippen LogP contribution in [0.15, 0.2) is 48.8 Å². The highest BCUT2D eigenvalue weighted by molar-refractivity contribution is 5.36. The summed E-state index contributed by atoms with van der Waals surface area (Å²) in [7, 11) is 0. The Labute approximate surface area is 186 Å². The Morgan fingerprint density at radius 3 is 2.36 bits per heavy atom. The third kappa shape index (κ3) is 3.14. The van der Waals surface area contributed by atoms with Gasteiger partial charge in [0, 0.05) is 17.0 Å². The Kier molecular flexibility index (Phi) is 4.62. The molecule has 1 N–H and O–H groups in total. The molecule has 2 bridgehead atoms. The monoisotopic (exact) mass is 457 g/mol. The van der Waals surface area contributed by atoms with E-state index in [-0.39, 0.29) is 24.7 Å². The summed E-state index contributed by atoms with van der Waals surface area (Å²) < 4.78 is 61.2. The van der Waals surface area contributed by atoms with Crippen molar-refractivity contribution in [1.29, 1.82) is 5.26 Å². The van der Waals surface area contributed by atoms with Crippen molar-refractivity contribution < 1.29 is 22.7 Å². The van der Waals surface area contributed by atoms with Gasteiger partial charge in [0.05, 0.1) is 18.2 Å². The molecule has 6 rings (SSSR count). The van der Waals surface area contributed by atoms with Crippen LogP contribution in [0.2, 0.25) is 0 Å². The van der Waals surface area contributed by atoms with E-state index in [1.165, 1.54) is 0 Å². The molecule has 6 nitrogen and oxygen atoms in total. The van der Waals surface area contributed by atoms with Gasteiger partial charge >= 0.3 is 0 Å². The van der Waals surface area contributed by atoms with Crippen LogP contribution in [0.3, 0.4) is 0 Å². The predicted octanol–water partition coefficient (Wildman–Crippen LogP) is 3.76. The Balaban J connectivity index is 1.43. The van der Waals surface area contributed by atoms with E-state index in [1.54, 1.807) is 12.1 Å². The molecule has 0 aliphatic heterocycles. The van der Waals surface area contributed by atoms with Gasteiger partial charge in [-0.3, -0.25) is 0 Å². The molecule has 1 aromatic heterocycles. The molecule has 170 valence electrons. The van der Waals surface area contributed by atoms with Crippen LogP contribution in [-0.4, -0.2) is 31.2 Å². The van der Waals surface area contributed by atoms with Crippen molar-refractivity contribution in [2.75, 3.05) is 0 Å². The number of alkyl halides is 2. The molecule has 0 spiro atoms. The molecular formula is C23H19F4N5O. The summed E-state index contributed by atoms with van der Waals surface area (Å²) in [6, 6.07) is 11.2. The molecule has 3 fully saturated rings. The predicted molar refractivity (Wildman–Crippen MR) is 107 cm³/mol. The van der Waals surface area contributed by atoms with Gasteiger partial charge in [-0.2, -0.15) is 5.26 Å². The van der Waals surface area contributed by atoms with Crippen molar-refractivity contribution in [3.8, 4) is 6.07 Å². The Morgan fingerprint density at radius 1 is 1.09 bits per heavy atom. The second kappa shape index (κ2) is 7.09. The standard InChI is InChI=1S/C23H19F4N5O/c24-17-5-6-18(19(25)7-17)22(33,13-32-14-29-30-31-32)23(26,27)21-10-20(11-21,12-21)8-15-1-3-16(9-28)4-2-15/h1-7,14,33H,8,10-13H2/t20?,21?,22-/m1/s1. The molecule has 3 aromatic rings. The van der Waals surface area contributed by atoms with Crippen LogP contribution >= 0.6 is 0 Å². The van der Waals surface area contributed by atoms with Crippen LogP contribution in [0.5, 0.6) is 0 Å². The molecule has 0 unspecified atom stereocenters. The number of aromatic nitrogens is 4. The maximum absolute atomic E-state index is 16.1. The van der Waals surface area contributed by atoms with Crippen molar-refractivity contribution in [1.82, 2.24) is 20.2 Å². The van der Waals surface area contributed by atoms with Crippen molar-refractivity contribution in [2.24, 2.45) is 10.8 Å². The molecule has 0 radical (unpaired) electrons. The fourth-order valence-corrected chi connectivity index (χ4v) is 5.75. The first kappa shape index (κ1) is 21.5. The van der Waals surface area contributed by atoms with Crippen LogP contribution < -0.4 is 0 Å². The van der Waals surface area contributed by atoms with Crippen LogP contribution in [0.25, 0.3) is 0 Å². The van der Waals surface area contributed by atoms with Gasteiger partial charge in [0.25, 0.3) is 5.92 Å². The van der Waals surface area contributed by atoms with Gasteiger partial charge in [0.2, 0.25) is 0 Å². The zero-order valence-corrected chi connectivity index (χ0v) is 17.3. The average molecular weight is 457 g/mol. The minimum absolute atomic E-state index is 0.160. The smallest absolute Gasteiger partial charge is 0.287 e. The highest BCUT2D eigenvalue weighted by Gasteiger charge is 2.81. The van der Waals surface area contributed by atoms with E-state index >= 15 is 8.78 Å². The largest absolute Gasteiger partial charge is 0.377 e. The highest BCUT2D eigenvalue weighted by atomic mass is 19.3. The van der Waals surface area contributed by atoms with Crippen molar-refractivity contribution in [2.45, 2.75) is 43.8 Å². The topological polar surface area (TPSA) is 87.6 Å². The summed E-state index contributed by atoms with van der Waals surface area (Å²) in [6.07, 6.45) is 2.11. The lowest BCUT2D eigenvalue weighted by Crippen LogP contribution is -2.74. The van der Waals surface area contributed by atoms with Crippen LogP contribution in [0, 0.1) is 33.8 Å². The molecular weight excluding hydrogens is 438 g/mol. The zero-order valence-electron chi connectivity index (χ0n) is 17.3. The first-order chi connectivity index (χ1) is 15.6. The highest BCUT2D eigenvalue weighted by Crippen LogP contribution is 2.81. The van der Waals surface area contributed by atoms with E-state index in [4.69, 9.17) is 5.26 Å². The van der Waals surface area contributed by atoms with Gasteiger partial charge in [0.1, 0.15) is 18.0 Å².